The summed E-state index contributed by atoms with van der Waals surface area (Å²) < 4.78 is 5.67. The van der Waals surface area contributed by atoms with E-state index in [2.05, 4.69) is 0 Å². The number of hydrogen-bond acceptors (Lipinski definition) is 3. The Kier molecular flexibility index (Phi) is 2.83. The molecule has 0 bridgehead atoms. The molecule has 2 unspecified atom stereocenters. The van der Waals surface area contributed by atoms with Gasteiger partial charge in [0.05, 0.1) is 5.92 Å². The summed E-state index contributed by atoms with van der Waals surface area (Å²) in [5.41, 5.74) is 7.49. The Balaban J connectivity index is 2.38. The predicted octanol–water partition coefficient (Wildman–Crippen LogP) is 1.17. The molecule has 1 aliphatic heterocycles. The van der Waals surface area contributed by atoms with E-state index in [9.17, 15) is 4.79 Å². The summed E-state index contributed by atoms with van der Waals surface area (Å²) >= 11 is 0. The molecule has 4 heteroatoms. The standard InChI is InChI=1S/C12H15NO3/c1-7-10(12(14)15)5-8-3-2-4-9(6-13)11(8)16-7/h2-4,7,10H,5-6,13H2,1H3,(H,14,15). The van der Waals surface area contributed by atoms with Gasteiger partial charge in [-0.05, 0) is 18.9 Å². The highest BCUT2D eigenvalue weighted by molar-refractivity contribution is 5.72. The molecule has 0 saturated heterocycles. The summed E-state index contributed by atoms with van der Waals surface area (Å²) in [4.78, 5) is 11.0. The van der Waals surface area contributed by atoms with E-state index >= 15 is 0 Å². The van der Waals surface area contributed by atoms with Gasteiger partial charge in [-0.25, -0.2) is 0 Å². The van der Waals surface area contributed by atoms with Crippen molar-refractivity contribution in [3.8, 4) is 5.75 Å². The van der Waals surface area contributed by atoms with Gasteiger partial charge in [0.15, 0.2) is 0 Å². The number of aliphatic carboxylic acids is 1. The number of carboxylic acids is 1. The molecule has 16 heavy (non-hydrogen) atoms. The molecule has 0 aliphatic carbocycles. The first-order chi connectivity index (χ1) is 7.63. The summed E-state index contributed by atoms with van der Waals surface area (Å²) in [5.74, 6) is -0.508. The lowest BCUT2D eigenvalue weighted by molar-refractivity contribution is -0.145. The second-order valence-corrected chi connectivity index (χ2v) is 4.08. The van der Waals surface area contributed by atoms with Crippen molar-refractivity contribution >= 4 is 5.97 Å². The van der Waals surface area contributed by atoms with E-state index in [1.807, 2.05) is 18.2 Å². The molecule has 0 saturated carbocycles. The Morgan fingerprint density at radius 3 is 3.00 bits per heavy atom. The molecule has 86 valence electrons. The molecular formula is C12H15NO3. The molecule has 0 radical (unpaired) electrons. The van der Waals surface area contributed by atoms with E-state index < -0.39 is 11.9 Å². The van der Waals surface area contributed by atoms with Crippen LogP contribution in [0.15, 0.2) is 18.2 Å². The van der Waals surface area contributed by atoms with Crippen LogP contribution in [0.1, 0.15) is 18.1 Å². The second-order valence-electron chi connectivity index (χ2n) is 4.08. The molecule has 0 aromatic heterocycles. The lowest BCUT2D eigenvalue weighted by atomic mass is 9.90. The number of rotatable bonds is 2. The molecule has 0 spiro atoms. The molecule has 4 nitrogen and oxygen atoms in total. The number of carbonyl (C=O) groups is 1. The summed E-state index contributed by atoms with van der Waals surface area (Å²) in [6.45, 7) is 2.20. The molecule has 2 rings (SSSR count). The average molecular weight is 221 g/mol. The molecule has 1 aliphatic rings. The minimum absolute atomic E-state index is 0.308. The van der Waals surface area contributed by atoms with Crippen molar-refractivity contribution in [1.29, 1.82) is 0 Å². The molecule has 1 aromatic carbocycles. The Bertz CT molecular complexity index is 417. The number of para-hydroxylation sites is 1. The van der Waals surface area contributed by atoms with Crippen LogP contribution < -0.4 is 10.5 Å². The monoisotopic (exact) mass is 221 g/mol. The summed E-state index contributed by atoms with van der Waals surface area (Å²) in [6, 6.07) is 5.70. The number of benzene rings is 1. The van der Waals surface area contributed by atoms with Gasteiger partial charge in [0.1, 0.15) is 11.9 Å². The SMILES string of the molecule is CC1Oc2c(CN)cccc2CC1C(=O)O. The smallest absolute Gasteiger partial charge is 0.310 e. The zero-order valence-corrected chi connectivity index (χ0v) is 9.14. The zero-order valence-electron chi connectivity index (χ0n) is 9.14. The highest BCUT2D eigenvalue weighted by atomic mass is 16.5. The largest absolute Gasteiger partial charge is 0.489 e. The van der Waals surface area contributed by atoms with Crippen LogP contribution in [0.4, 0.5) is 0 Å². The molecule has 0 amide bonds. The topological polar surface area (TPSA) is 72.5 Å². The number of nitrogens with two attached hydrogens (primary N) is 1. The fourth-order valence-electron chi connectivity index (χ4n) is 2.07. The van der Waals surface area contributed by atoms with Gasteiger partial charge in [-0.3, -0.25) is 4.79 Å². The lowest BCUT2D eigenvalue weighted by Crippen LogP contribution is -2.36. The van der Waals surface area contributed by atoms with Crippen molar-refractivity contribution < 1.29 is 14.6 Å². The Morgan fingerprint density at radius 2 is 2.38 bits per heavy atom. The van der Waals surface area contributed by atoms with E-state index in [1.54, 1.807) is 6.92 Å². The van der Waals surface area contributed by atoms with E-state index in [-0.39, 0.29) is 6.10 Å². The second kappa shape index (κ2) is 4.14. The van der Waals surface area contributed by atoms with Crippen molar-refractivity contribution in [3.05, 3.63) is 29.3 Å². The normalized spacial score (nSPS) is 23.4. The van der Waals surface area contributed by atoms with Crippen LogP contribution in [0.25, 0.3) is 0 Å². The fraction of sp³-hybridized carbons (Fsp3) is 0.417. The number of ether oxygens (including phenoxy) is 1. The molecule has 1 heterocycles. The van der Waals surface area contributed by atoms with E-state index in [4.69, 9.17) is 15.6 Å². The molecule has 3 N–H and O–H groups in total. The highest BCUT2D eigenvalue weighted by Gasteiger charge is 2.32. The zero-order chi connectivity index (χ0) is 11.7. The highest BCUT2D eigenvalue weighted by Crippen LogP contribution is 2.33. The van der Waals surface area contributed by atoms with Crippen molar-refractivity contribution in [2.75, 3.05) is 0 Å². The van der Waals surface area contributed by atoms with E-state index in [1.165, 1.54) is 0 Å². The molecule has 2 atom stereocenters. The maximum absolute atomic E-state index is 11.0. The van der Waals surface area contributed by atoms with Crippen molar-refractivity contribution in [3.63, 3.8) is 0 Å². The van der Waals surface area contributed by atoms with Gasteiger partial charge in [-0.2, -0.15) is 0 Å². The average Bonchev–Trinajstić information content (AvgIpc) is 2.27. The first-order valence-electron chi connectivity index (χ1n) is 5.33. The summed E-state index contributed by atoms with van der Waals surface area (Å²) in [6.07, 6.45) is 0.206. The van der Waals surface area contributed by atoms with Crippen molar-refractivity contribution in [1.82, 2.24) is 0 Å². The summed E-state index contributed by atoms with van der Waals surface area (Å²) in [5, 5.41) is 9.06. The van der Waals surface area contributed by atoms with Crippen LogP contribution in [-0.4, -0.2) is 17.2 Å². The Morgan fingerprint density at radius 1 is 1.62 bits per heavy atom. The minimum atomic E-state index is -0.809. The minimum Gasteiger partial charge on any atom is -0.489 e. The third-order valence-electron chi connectivity index (χ3n) is 3.03. The number of hydrogen-bond donors (Lipinski definition) is 2. The Labute approximate surface area is 94.0 Å². The van der Waals surface area contributed by atoms with Crippen LogP contribution in [0.2, 0.25) is 0 Å². The van der Waals surface area contributed by atoms with E-state index in [0.717, 1.165) is 16.9 Å². The molecule has 1 aromatic rings. The third-order valence-corrected chi connectivity index (χ3v) is 3.03. The van der Waals surface area contributed by atoms with Crippen LogP contribution >= 0.6 is 0 Å². The first-order valence-corrected chi connectivity index (χ1v) is 5.33. The maximum Gasteiger partial charge on any atom is 0.310 e. The predicted molar refractivity (Wildman–Crippen MR) is 59.3 cm³/mol. The van der Waals surface area contributed by atoms with Crippen LogP contribution in [0.3, 0.4) is 0 Å². The van der Waals surface area contributed by atoms with Gasteiger partial charge in [-0.1, -0.05) is 18.2 Å². The quantitative estimate of drug-likeness (QED) is 0.786. The van der Waals surface area contributed by atoms with Gasteiger partial charge >= 0.3 is 5.97 Å². The van der Waals surface area contributed by atoms with Crippen LogP contribution in [0.5, 0.6) is 5.75 Å². The van der Waals surface area contributed by atoms with Gasteiger partial charge in [0.2, 0.25) is 0 Å². The summed E-state index contributed by atoms with van der Waals surface area (Å²) in [7, 11) is 0. The van der Waals surface area contributed by atoms with E-state index in [0.29, 0.717) is 13.0 Å². The van der Waals surface area contributed by atoms with Gasteiger partial charge in [0.25, 0.3) is 0 Å². The third kappa shape index (κ3) is 1.76. The fourth-order valence-corrected chi connectivity index (χ4v) is 2.07. The van der Waals surface area contributed by atoms with Crippen molar-refractivity contribution in [2.24, 2.45) is 11.7 Å². The van der Waals surface area contributed by atoms with Gasteiger partial charge in [-0.15, -0.1) is 0 Å². The van der Waals surface area contributed by atoms with Gasteiger partial charge in [0, 0.05) is 12.1 Å². The lowest BCUT2D eigenvalue weighted by Gasteiger charge is -2.30. The van der Waals surface area contributed by atoms with Crippen molar-refractivity contribution in [2.45, 2.75) is 26.0 Å². The molecule has 0 fully saturated rings. The maximum atomic E-state index is 11.0. The molecular weight excluding hydrogens is 206 g/mol. The van der Waals surface area contributed by atoms with Crippen LogP contribution in [0, 0.1) is 5.92 Å². The van der Waals surface area contributed by atoms with Gasteiger partial charge < -0.3 is 15.6 Å². The number of fused-ring (bicyclic) bond motifs is 1. The first kappa shape index (κ1) is 11.0. The Hall–Kier alpha value is -1.55. The number of carboxylic acid groups (broad SMARTS) is 1. The van der Waals surface area contributed by atoms with Crippen LogP contribution in [-0.2, 0) is 17.8 Å².